The summed E-state index contributed by atoms with van der Waals surface area (Å²) in [6.07, 6.45) is -0.836. The minimum absolute atomic E-state index is 0.186. The summed E-state index contributed by atoms with van der Waals surface area (Å²) in [6, 6.07) is 11.1. The van der Waals surface area contributed by atoms with Gasteiger partial charge in [0.1, 0.15) is 5.75 Å². The first-order chi connectivity index (χ1) is 12.5. The summed E-state index contributed by atoms with van der Waals surface area (Å²) in [4.78, 5) is 25.0. The molecule has 0 aliphatic carbocycles. The van der Waals surface area contributed by atoms with Crippen LogP contribution in [0.4, 0.5) is 0 Å². The minimum atomic E-state index is -0.836. The highest BCUT2D eigenvalue weighted by Gasteiger charge is 2.17. The summed E-state index contributed by atoms with van der Waals surface area (Å²) in [6.45, 7) is 1.92. The molecular formula is C18H20ClNO4S2. The number of thiophene rings is 1. The average Bonchev–Trinajstić information content (AvgIpc) is 3.05. The third-order valence-corrected chi connectivity index (χ3v) is 5.77. The van der Waals surface area contributed by atoms with E-state index in [0.29, 0.717) is 12.3 Å². The zero-order valence-electron chi connectivity index (χ0n) is 14.5. The van der Waals surface area contributed by atoms with E-state index >= 15 is 0 Å². The summed E-state index contributed by atoms with van der Waals surface area (Å²) < 4.78 is 11.0. The third kappa shape index (κ3) is 6.90. The van der Waals surface area contributed by atoms with Gasteiger partial charge in [-0.3, -0.25) is 9.59 Å². The first-order valence-electron chi connectivity index (χ1n) is 7.90. The molecule has 0 bridgehead atoms. The fourth-order valence-electron chi connectivity index (χ4n) is 2.03. The maximum Gasteiger partial charge on any atom is 0.316 e. The molecule has 0 saturated heterocycles. The molecule has 1 amide bonds. The van der Waals surface area contributed by atoms with Crippen LogP contribution in [0, 0.1) is 0 Å². The monoisotopic (exact) mass is 413 g/mol. The van der Waals surface area contributed by atoms with Crippen LogP contribution in [0.2, 0.25) is 4.34 Å². The summed E-state index contributed by atoms with van der Waals surface area (Å²) in [7, 11) is 1.60. The van der Waals surface area contributed by atoms with Crippen molar-refractivity contribution in [1.82, 2.24) is 5.32 Å². The van der Waals surface area contributed by atoms with E-state index in [4.69, 9.17) is 21.1 Å². The normalized spacial score (nSPS) is 11.7. The Hall–Kier alpha value is -1.70. The van der Waals surface area contributed by atoms with Crippen molar-refractivity contribution in [3.63, 3.8) is 0 Å². The molecule has 0 unspecified atom stereocenters. The zero-order valence-corrected chi connectivity index (χ0v) is 16.9. The molecule has 5 nitrogen and oxygen atoms in total. The number of nitrogens with one attached hydrogen (secondary N) is 1. The average molecular weight is 414 g/mol. The van der Waals surface area contributed by atoms with Gasteiger partial charge in [-0.05, 0) is 36.8 Å². The van der Waals surface area contributed by atoms with Gasteiger partial charge in [-0.1, -0.05) is 23.7 Å². The smallest absolute Gasteiger partial charge is 0.316 e. The van der Waals surface area contributed by atoms with E-state index in [-0.39, 0.29) is 11.7 Å². The fraction of sp³-hybridized carbons (Fsp3) is 0.333. The van der Waals surface area contributed by atoms with Crippen LogP contribution in [0.1, 0.15) is 17.4 Å². The molecule has 0 spiro atoms. The van der Waals surface area contributed by atoms with Crippen LogP contribution in [0.25, 0.3) is 0 Å². The molecule has 1 N–H and O–H groups in total. The molecule has 1 atom stereocenters. The van der Waals surface area contributed by atoms with Gasteiger partial charge in [0.15, 0.2) is 6.10 Å². The molecule has 0 saturated carbocycles. The van der Waals surface area contributed by atoms with Crippen LogP contribution in [0.5, 0.6) is 5.75 Å². The van der Waals surface area contributed by atoms with Crippen molar-refractivity contribution < 1.29 is 19.1 Å². The van der Waals surface area contributed by atoms with Crippen LogP contribution in [0.3, 0.4) is 0 Å². The molecule has 8 heteroatoms. The van der Waals surface area contributed by atoms with Crippen LogP contribution < -0.4 is 10.1 Å². The van der Waals surface area contributed by atoms with Gasteiger partial charge in [0, 0.05) is 17.2 Å². The molecule has 0 aliphatic rings. The molecule has 1 aromatic heterocycles. The Morgan fingerprint density at radius 3 is 2.58 bits per heavy atom. The molecule has 1 aromatic carbocycles. The van der Waals surface area contributed by atoms with E-state index in [1.54, 1.807) is 14.0 Å². The minimum Gasteiger partial charge on any atom is -0.497 e. The number of thioether (sulfide) groups is 1. The lowest BCUT2D eigenvalue weighted by Gasteiger charge is -2.13. The second-order valence-electron chi connectivity index (χ2n) is 5.40. The maximum atomic E-state index is 12.0. The second-order valence-corrected chi connectivity index (χ2v) is 8.18. The van der Waals surface area contributed by atoms with Gasteiger partial charge in [0.25, 0.3) is 5.91 Å². The van der Waals surface area contributed by atoms with E-state index in [2.05, 4.69) is 5.32 Å². The number of ether oxygens (including phenoxy) is 2. The van der Waals surface area contributed by atoms with E-state index in [9.17, 15) is 9.59 Å². The van der Waals surface area contributed by atoms with Gasteiger partial charge in [-0.2, -0.15) is 0 Å². The number of esters is 1. The topological polar surface area (TPSA) is 64.6 Å². The molecular weight excluding hydrogens is 394 g/mol. The lowest BCUT2D eigenvalue weighted by Crippen LogP contribution is -2.35. The Balaban J connectivity index is 1.67. The van der Waals surface area contributed by atoms with E-state index < -0.39 is 12.1 Å². The number of rotatable bonds is 9. The largest absolute Gasteiger partial charge is 0.497 e. The van der Waals surface area contributed by atoms with Gasteiger partial charge >= 0.3 is 5.97 Å². The SMILES string of the molecule is COc1ccc(CNC(=O)[C@@H](C)OC(=O)CSCc2ccc(Cl)s2)cc1. The predicted molar refractivity (Wildman–Crippen MR) is 106 cm³/mol. The molecule has 1 heterocycles. The number of hydrogen-bond acceptors (Lipinski definition) is 6. The first kappa shape index (κ1) is 20.6. The molecule has 0 fully saturated rings. The Labute approximate surface area is 166 Å². The molecule has 140 valence electrons. The number of carbonyl (C=O) groups is 2. The van der Waals surface area contributed by atoms with E-state index in [1.165, 1.54) is 23.1 Å². The number of halogens is 1. The number of methoxy groups -OCH3 is 1. The summed E-state index contributed by atoms with van der Waals surface area (Å²) >= 11 is 8.78. The van der Waals surface area contributed by atoms with Gasteiger partial charge in [-0.25, -0.2) is 0 Å². The third-order valence-electron chi connectivity index (χ3n) is 3.40. The lowest BCUT2D eigenvalue weighted by atomic mass is 10.2. The number of benzene rings is 1. The highest BCUT2D eigenvalue weighted by Crippen LogP contribution is 2.25. The highest BCUT2D eigenvalue weighted by molar-refractivity contribution is 7.99. The molecule has 0 aliphatic heterocycles. The van der Waals surface area contributed by atoms with Gasteiger partial charge in [0.2, 0.25) is 0 Å². The van der Waals surface area contributed by atoms with E-state index in [0.717, 1.165) is 20.5 Å². The lowest BCUT2D eigenvalue weighted by molar-refractivity contribution is -0.152. The van der Waals surface area contributed by atoms with Crippen LogP contribution in [-0.2, 0) is 26.6 Å². The van der Waals surface area contributed by atoms with Crippen molar-refractivity contribution >= 4 is 46.6 Å². The highest BCUT2D eigenvalue weighted by atomic mass is 35.5. The molecule has 0 radical (unpaired) electrons. The fourth-order valence-corrected chi connectivity index (χ4v) is 4.03. The standard InChI is InChI=1S/C18H20ClNO4S2/c1-12(18(22)20-9-13-3-5-14(23-2)6-4-13)24-17(21)11-25-10-15-7-8-16(19)26-15/h3-8,12H,9-11H2,1-2H3,(H,20,22)/t12-/m1/s1. The number of amides is 1. The van der Waals surface area contributed by atoms with Gasteiger partial charge in [-0.15, -0.1) is 23.1 Å². The van der Waals surface area contributed by atoms with Crippen molar-refractivity contribution in [1.29, 1.82) is 0 Å². The Bertz CT molecular complexity index is 733. The van der Waals surface area contributed by atoms with Crippen LogP contribution >= 0.6 is 34.7 Å². The van der Waals surface area contributed by atoms with Crippen molar-refractivity contribution in [2.24, 2.45) is 0 Å². The van der Waals surface area contributed by atoms with Crippen LogP contribution in [0.15, 0.2) is 36.4 Å². The van der Waals surface area contributed by atoms with Crippen molar-refractivity contribution in [3.05, 3.63) is 51.2 Å². The Morgan fingerprint density at radius 1 is 1.23 bits per heavy atom. The molecule has 2 rings (SSSR count). The first-order valence-corrected chi connectivity index (χ1v) is 10.2. The quantitative estimate of drug-likeness (QED) is 0.632. The molecule has 2 aromatic rings. The van der Waals surface area contributed by atoms with Gasteiger partial charge < -0.3 is 14.8 Å². The second kappa shape index (κ2) is 10.4. The maximum absolute atomic E-state index is 12.0. The van der Waals surface area contributed by atoms with Crippen molar-refractivity contribution in [3.8, 4) is 5.75 Å². The predicted octanol–water partition coefficient (Wildman–Crippen LogP) is 3.89. The zero-order chi connectivity index (χ0) is 18.9. The van der Waals surface area contributed by atoms with Crippen molar-refractivity contribution in [2.45, 2.75) is 25.3 Å². The van der Waals surface area contributed by atoms with Crippen LogP contribution in [-0.4, -0.2) is 30.8 Å². The number of hydrogen-bond donors (Lipinski definition) is 1. The summed E-state index contributed by atoms with van der Waals surface area (Å²) in [5.41, 5.74) is 0.933. The summed E-state index contributed by atoms with van der Waals surface area (Å²) in [5, 5.41) is 2.75. The van der Waals surface area contributed by atoms with Gasteiger partial charge in [0.05, 0.1) is 17.2 Å². The van der Waals surface area contributed by atoms with Crippen molar-refractivity contribution in [2.75, 3.05) is 12.9 Å². The Kier molecular flexibility index (Phi) is 8.28. The Morgan fingerprint density at radius 2 is 1.96 bits per heavy atom. The molecule has 26 heavy (non-hydrogen) atoms. The number of carbonyl (C=O) groups excluding carboxylic acids is 2. The van der Waals surface area contributed by atoms with E-state index in [1.807, 2.05) is 36.4 Å². The summed E-state index contributed by atoms with van der Waals surface area (Å²) in [5.74, 6) is 0.884.